The van der Waals surface area contributed by atoms with Gasteiger partial charge in [0.05, 0.1) is 0 Å². The summed E-state index contributed by atoms with van der Waals surface area (Å²) in [6, 6.07) is 9.28. The summed E-state index contributed by atoms with van der Waals surface area (Å²) < 4.78 is 10.8. The van der Waals surface area contributed by atoms with Crippen LogP contribution in [0, 0.1) is 6.92 Å². The van der Waals surface area contributed by atoms with Crippen molar-refractivity contribution >= 4 is 39.6 Å². The number of esters is 1. The van der Waals surface area contributed by atoms with E-state index < -0.39 is 5.97 Å². The number of para-hydroxylation sites is 1. The highest BCUT2D eigenvalue weighted by molar-refractivity contribution is 9.10. The van der Waals surface area contributed by atoms with Crippen molar-refractivity contribution in [1.82, 2.24) is 0 Å². The molecule has 0 saturated heterocycles. The van der Waals surface area contributed by atoms with Crippen LogP contribution >= 0.6 is 15.9 Å². The highest BCUT2D eigenvalue weighted by atomic mass is 79.9. The highest BCUT2D eigenvalue weighted by Crippen LogP contribution is 2.27. The zero-order valence-corrected chi connectivity index (χ0v) is 15.9. The molecule has 0 spiro atoms. The highest BCUT2D eigenvalue weighted by Gasteiger charge is 2.13. The Kier molecular flexibility index (Phi) is 6.58. The van der Waals surface area contributed by atoms with Crippen molar-refractivity contribution in [3.05, 3.63) is 58.0 Å². The molecule has 5 nitrogen and oxygen atoms in total. The normalized spacial score (nSPS) is 11.1. The van der Waals surface area contributed by atoms with Crippen molar-refractivity contribution in [2.75, 3.05) is 11.9 Å². The fourth-order valence-electron chi connectivity index (χ4n) is 2.27. The molecule has 2 aromatic rings. The van der Waals surface area contributed by atoms with E-state index in [0.29, 0.717) is 10.4 Å². The van der Waals surface area contributed by atoms with Crippen LogP contribution in [-0.4, -0.2) is 18.5 Å². The van der Waals surface area contributed by atoms with Crippen LogP contribution in [0.4, 0.5) is 5.69 Å². The summed E-state index contributed by atoms with van der Waals surface area (Å²) in [6.45, 7) is 5.69. The first-order valence-corrected chi connectivity index (χ1v) is 8.65. The Bertz CT molecular complexity index is 792. The molecule has 0 aliphatic carbocycles. The van der Waals surface area contributed by atoms with Crippen molar-refractivity contribution < 1.29 is 18.7 Å². The smallest absolute Gasteiger partial charge is 0.331 e. The first-order valence-electron chi connectivity index (χ1n) is 7.86. The van der Waals surface area contributed by atoms with Gasteiger partial charge >= 0.3 is 5.97 Å². The van der Waals surface area contributed by atoms with Crippen molar-refractivity contribution in [1.29, 1.82) is 0 Å². The molecule has 0 aliphatic rings. The third-order valence-corrected chi connectivity index (χ3v) is 3.94. The minimum atomic E-state index is -0.614. The van der Waals surface area contributed by atoms with E-state index in [-0.39, 0.29) is 18.4 Å². The van der Waals surface area contributed by atoms with Gasteiger partial charge in [-0.3, -0.25) is 4.79 Å². The second kappa shape index (κ2) is 8.67. The van der Waals surface area contributed by atoms with Crippen molar-refractivity contribution in [3.63, 3.8) is 0 Å². The average molecular weight is 406 g/mol. The predicted octanol–water partition coefficient (Wildman–Crippen LogP) is 4.67. The van der Waals surface area contributed by atoms with E-state index in [2.05, 4.69) is 35.1 Å². The number of furan rings is 1. The lowest BCUT2D eigenvalue weighted by Gasteiger charge is -2.16. The summed E-state index contributed by atoms with van der Waals surface area (Å²) in [5.74, 6) is -0.210. The van der Waals surface area contributed by atoms with Crippen LogP contribution in [0.2, 0.25) is 0 Å². The maximum Gasteiger partial charge on any atom is 0.331 e. The van der Waals surface area contributed by atoms with Crippen LogP contribution in [-0.2, 0) is 14.3 Å². The van der Waals surface area contributed by atoms with Crippen LogP contribution in [0.15, 0.2) is 45.5 Å². The molecule has 1 heterocycles. The van der Waals surface area contributed by atoms with Crippen molar-refractivity contribution in [2.24, 2.45) is 0 Å². The Labute approximate surface area is 155 Å². The quantitative estimate of drug-likeness (QED) is 0.559. The number of hydrogen-bond donors (Lipinski definition) is 1. The molecule has 1 aromatic heterocycles. The van der Waals surface area contributed by atoms with E-state index >= 15 is 0 Å². The summed E-state index contributed by atoms with van der Waals surface area (Å²) in [5, 5.41) is 2.83. The average Bonchev–Trinajstić information content (AvgIpc) is 2.98. The number of aryl methyl sites for hydroxylation is 1. The molecular weight excluding hydrogens is 386 g/mol. The zero-order chi connectivity index (χ0) is 18.4. The topological polar surface area (TPSA) is 68.5 Å². The predicted molar refractivity (Wildman–Crippen MR) is 100 cm³/mol. The van der Waals surface area contributed by atoms with Gasteiger partial charge in [-0.1, -0.05) is 32.0 Å². The molecule has 6 heteroatoms. The van der Waals surface area contributed by atoms with Crippen molar-refractivity contribution in [2.45, 2.75) is 26.7 Å². The van der Waals surface area contributed by atoms with E-state index in [4.69, 9.17) is 9.15 Å². The molecule has 0 aliphatic heterocycles. The molecule has 0 saturated carbocycles. The van der Waals surface area contributed by atoms with Crippen molar-refractivity contribution in [3.8, 4) is 0 Å². The maximum atomic E-state index is 12.1. The van der Waals surface area contributed by atoms with Gasteiger partial charge in [0, 0.05) is 11.8 Å². The van der Waals surface area contributed by atoms with Crippen LogP contribution in [0.25, 0.3) is 6.08 Å². The summed E-state index contributed by atoms with van der Waals surface area (Å²) in [5.41, 5.74) is 2.78. The lowest BCUT2D eigenvalue weighted by atomic mass is 9.98. The number of benzene rings is 1. The number of amides is 1. The maximum absolute atomic E-state index is 12.1. The van der Waals surface area contributed by atoms with Gasteiger partial charge < -0.3 is 14.5 Å². The third-order valence-electron chi connectivity index (χ3n) is 3.51. The monoisotopic (exact) mass is 405 g/mol. The largest absolute Gasteiger partial charge is 0.452 e. The molecule has 132 valence electrons. The Morgan fingerprint density at radius 1 is 1.28 bits per heavy atom. The minimum absolute atomic E-state index is 0.272. The van der Waals surface area contributed by atoms with E-state index in [9.17, 15) is 9.59 Å². The van der Waals surface area contributed by atoms with Gasteiger partial charge in [-0.05, 0) is 58.1 Å². The standard InChI is InChI=1S/C19H20BrNO4/c1-12(2)15-6-4-5-13(3)19(15)21-17(22)11-24-18(23)10-8-14-7-9-16(20)25-14/h4-10,12H,11H2,1-3H3,(H,21,22)/b10-8+. The summed E-state index contributed by atoms with van der Waals surface area (Å²) in [7, 11) is 0. The zero-order valence-electron chi connectivity index (χ0n) is 14.3. The number of carbonyl (C=O) groups is 2. The summed E-state index contributed by atoms with van der Waals surface area (Å²) >= 11 is 3.17. The Balaban J connectivity index is 1.91. The minimum Gasteiger partial charge on any atom is -0.452 e. The van der Waals surface area contributed by atoms with Crippen LogP contribution < -0.4 is 5.32 Å². The molecule has 0 unspecified atom stereocenters. The molecule has 0 bridgehead atoms. The van der Waals surface area contributed by atoms with E-state index in [1.54, 1.807) is 12.1 Å². The number of hydrogen-bond acceptors (Lipinski definition) is 4. The molecule has 0 atom stereocenters. The first kappa shape index (κ1) is 19.0. The fourth-order valence-corrected chi connectivity index (χ4v) is 2.59. The van der Waals surface area contributed by atoms with Gasteiger partial charge in [0.25, 0.3) is 5.91 Å². The van der Waals surface area contributed by atoms with Gasteiger partial charge in [0.1, 0.15) is 5.76 Å². The number of carbonyl (C=O) groups excluding carboxylic acids is 2. The van der Waals surface area contributed by atoms with E-state index in [1.165, 1.54) is 12.2 Å². The first-order chi connectivity index (χ1) is 11.9. The molecule has 25 heavy (non-hydrogen) atoms. The molecule has 0 fully saturated rings. The molecule has 1 amide bonds. The fraction of sp³-hybridized carbons (Fsp3) is 0.263. The lowest BCUT2D eigenvalue weighted by molar-refractivity contribution is -0.142. The lowest BCUT2D eigenvalue weighted by Crippen LogP contribution is -2.21. The molecular formula is C19H20BrNO4. The van der Waals surface area contributed by atoms with Gasteiger partial charge in [-0.25, -0.2) is 4.79 Å². The summed E-state index contributed by atoms with van der Waals surface area (Å²) in [4.78, 5) is 23.8. The van der Waals surface area contributed by atoms with E-state index in [1.807, 2.05) is 25.1 Å². The Morgan fingerprint density at radius 3 is 2.68 bits per heavy atom. The second-order valence-corrected chi connectivity index (χ2v) is 6.61. The number of nitrogens with one attached hydrogen (secondary N) is 1. The molecule has 2 rings (SSSR count). The molecule has 1 N–H and O–H groups in total. The number of halogens is 1. The van der Waals surface area contributed by atoms with Crippen LogP contribution in [0.5, 0.6) is 0 Å². The van der Waals surface area contributed by atoms with Crippen LogP contribution in [0.3, 0.4) is 0 Å². The SMILES string of the molecule is Cc1cccc(C(C)C)c1NC(=O)COC(=O)/C=C/c1ccc(Br)o1. The van der Waals surface area contributed by atoms with Gasteiger partial charge in [-0.15, -0.1) is 0 Å². The van der Waals surface area contributed by atoms with Gasteiger partial charge in [-0.2, -0.15) is 0 Å². The van der Waals surface area contributed by atoms with E-state index in [0.717, 1.165) is 16.8 Å². The third kappa shape index (κ3) is 5.60. The molecule has 1 aromatic carbocycles. The molecule has 0 radical (unpaired) electrons. The Morgan fingerprint density at radius 2 is 2.04 bits per heavy atom. The number of ether oxygens (including phenoxy) is 1. The van der Waals surface area contributed by atoms with Crippen LogP contribution in [0.1, 0.15) is 36.7 Å². The van der Waals surface area contributed by atoms with Gasteiger partial charge in [0.15, 0.2) is 11.3 Å². The summed E-state index contributed by atoms with van der Waals surface area (Å²) in [6.07, 6.45) is 2.69. The Hall–Kier alpha value is -2.34. The van der Waals surface area contributed by atoms with Gasteiger partial charge in [0.2, 0.25) is 0 Å². The number of rotatable bonds is 6. The number of anilines is 1. The second-order valence-electron chi connectivity index (χ2n) is 5.82.